The summed E-state index contributed by atoms with van der Waals surface area (Å²) in [5.41, 5.74) is 8.76. The number of hydrogen-bond acceptors (Lipinski definition) is 2. The van der Waals surface area contributed by atoms with E-state index >= 15 is 0 Å². The molecule has 0 saturated carbocycles. The third-order valence-corrected chi connectivity index (χ3v) is 3.48. The van der Waals surface area contributed by atoms with Crippen LogP contribution in [0.2, 0.25) is 0 Å². The minimum Gasteiger partial charge on any atom is -0.489 e. The highest BCUT2D eigenvalue weighted by molar-refractivity contribution is 14.1. The Balaban J connectivity index is 2.10. The number of rotatable bonds is 5. The van der Waals surface area contributed by atoms with Crippen molar-refractivity contribution in [3.8, 4) is 5.75 Å². The second kappa shape index (κ2) is 6.61. The number of hydrogen-bond donors (Lipinski definition) is 1. The smallest absolute Gasteiger partial charge is 0.123 e. The van der Waals surface area contributed by atoms with E-state index in [4.69, 9.17) is 10.5 Å². The molecule has 0 aliphatic carbocycles. The number of halogens is 1. The lowest BCUT2D eigenvalue weighted by Gasteiger charge is -2.11. The number of nitrogen functional groups attached to an aromatic ring is 1. The lowest BCUT2D eigenvalue weighted by atomic mass is 10.1. The first-order valence-corrected chi connectivity index (χ1v) is 7.13. The van der Waals surface area contributed by atoms with Crippen LogP contribution in [0.5, 0.6) is 5.75 Å². The average molecular weight is 365 g/mol. The highest BCUT2D eigenvalue weighted by Crippen LogP contribution is 2.23. The Labute approximate surface area is 127 Å². The van der Waals surface area contributed by atoms with Crippen LogP contribution in [0.25, 0.3) is 0 Å². The Morgan fingerprint density at radius 3 is 2.58 bits per heavy atom. The van der Waals surface area contributed by atoms with Gasteiger partial charge in [0.25, 0.3) is 0 Å². The summed E-state index contributed by atoms with van der Waals surface area (Å²) in [6, 6.07) is 14.0. The highest BCUT2D eigenvalue weighted by Gasteiger charge is 2.03. The van der Waals surface area contributed by atoms with Gasteiger partial charge in [-0.2, -0.15) is 0 Å². The summed E-state index contributed by atoms with van der Waals surface area (Å²) < 4.78 is 7.09. The Hall–Kier alpha value is -1.49. The van der Waals surface area contributed by atoms with Gasteiger partial charge in [0.05, 0.1) is 0 Å². The molecule has 98 valence electrons. The fourth-order valence-corrected chi connectivity index (χ4v) is 2.16. The maximum Gasteiger partial charge on any atom is 0.123 e. The van der Waals surface area contributed by atoms with Crippen molar-refractivity contribution in [2.75, 3.05) is 5.73 Å². The van der Waals surface area contributed by atoms with E-state index in [1.54, 1.807) is 0 Å². The molecule has 0 unspecified atom stereocenters. The summed E-state index contributed by atoms with van der Waals surface area (Å²) >= 11 is 2.29. The number of allylic oxidation sites excluding steroid dienone is 1. The van der Waals surface area contributed by atoms with Gasteiger partial charge in [0, 0.05) is 9.26 Å². The molecule has 2 aromatic carbocycles. The van der Waals surface area contributed by atoms with Crippen LogP contribution in [0.3, 0.4) is 0 Å². The molecule has 0 fully saturated rings. The second-order valence-electron chi connectivity index (χ2n) is 4.28. The molecule has 2 nitrogen and oxygen atoms in total. The van der Waals surface area contributed by atoms with Gasteiger partial charge in [-0.3, -0.25) is 0 Å². The average Bonchev–Trinajstić information content (AvgIpc) is 2.40. The van der Waals surface area contributed by atoms with Crippen molar-refractivity contribution in [2.45, 2.75) is 13.0 Å². The molecule has 0 aliphatic rings. The summed E-state index contributed by atoms with van der Waals surface area (Å²) in [6.07, 6.45) is 2.61. The van der Waals surface area contributed by atoms with E-state index in [9.17, 15) is 0 Å². The van der Waals surface area contributed by atoms with Gasteiger partial charge in [0.1, 0.15) is 12.4 Å². The highest BCUT2D eigenvalue weighted by atomic mass is 127. The fraction of sp³-hybridized carbons (Fsp3) is 0.125. The summed E-state index contributed by atoms with van der Waals surface area (Å²) in [4.78, 5) is 0. The summed E-state index contributed by atoms with van der Waals surface area (Å²) in [5, 5.41) is 0. The van der Waals surface area contributed by atoms with Gasteiger partial charge in [-0.15, -0.1) is 6.58 Å². The molecule has 2 aromatic rings. The zero-order valence-corrected chi connectivity index (χ0v) is 12.8. The SMILES string of the molecule is C=CCc1cc(N)ccc1OCc1ccc(I)cc1. The number of nitrogens with two attached hydrogens (primary N) is 1. The Morgan fingerprint density at radius 1 is 1.16 bits per heavy atom. The van der Waals surface area contributed by atoms with E-state index in [0.29, 0.717) is 6.61 Å². The largest absolute Gasteiger partial charge is 0.489 e. The molecule has 0 saturated heterocycles. The van der Waals surface area contributed by atoms with E-state index < -0.39 is 0 Å². The molecule has 0 radical (unpaired) electrons. The molecule has 2 rings (SSSR count). The second-order valence-corrected chi connectivity index (χ2v) is 5.52. The molecule has 3 heteroatoms. The molecule has 0 heterocycles. The van der Waals surface area contributed by atoms with Gasteiger partial charge in [-0.25, -0.2) is 0 Å². The standard InChI is InChI=1S/C16H16INO/c1-2-3-13-10-15(18)8-9-16(13)19-11-12-4-6-14(17)7-5-12/h2,4-10H,1,3,11,18H2. The van der Waals surface area contributed by atoms with Gasteiger partial charge in [0.2, 0.25) is 0 Å². The van der Waals surface area contributed by atoms with Gasteiger partial charge in [-0.1, -0.05) is 18.2 Å². The zero-order valence-electron chi connectivity index (χ0n) is 10.6. The molecule has 0 aliphatic heterocycles. The van der Waals surface area contributed by atoms with Crippen LogP contribution >= 0.6 is 22.6 Å². The molecule has 0 aromatic heterocycles. The quantitative estimate of drug-likeness (QED) is 0.490. The van der Waals surface area contributed by atoms with Crippen LogP contribution in [0.1, 0.15) is 11.1 Å². The van der Waals surface area contributed by atoms with Crippen LogP contribution in [-0.2, 0) is 13.0 Å². The van der Waals surface area contributed by atoms with Crippen molar-refractivity contribution in [3.63, 3.8) is 0 Å². The minimum absolute atomic E-state index is 0.560. The summed E-state index contributed by atoms with van der Waals surface area (Å²) in [7, 11) is 0. The first-order valence-electron chi connectivity index (χ1n) is 6.05. The first-order chi connectivity index (χ1) is 9.19. The molecule has 0 bridgehead atoms. The number of ether oxygens (including phenoxy) is 1. The van der Waals surface area contributed by atoms with E-state index in [0.717, 1.165) is 29.0 Å². The molecular weight excluding hydrogens is 349 g/mol. The van der Waals surface area contributed by atoms with Gasteiger partial charge in [0.15, 0.2) is 0 Å². The van der Waals surface area contributed by atoms with Crippen molar-refractivity contribution in [3.05, 3.63) is 69.8 Å². The molecule has 19 heavy (non-hydrogen) atoms. The number of anilines is 1. The van der Waals surface area contributed by atoms with Crippen molar-refractivity contribution in [1.29, 1.82) is 0 Å². The van der Waals surface area contributed by atoms with Gasteiger partial charge < -0.3 is 10.5 Å². The Kier molecular flexibility index (Phi) is 4.85. The van der Waals surface area contributed by atoms with Crippen LogP contribution in [0.15, 0.2) is 55.1 Å². The predicted octanol–water partition coefficient (Wildman–Crippen LogP) is 4.18. The fourth-order valence-electron chi connectivity index (χ4n) is 1.80. The Bertz CT molecular complexity index is 563. The van der Waals surface area contributed by atoms with Crippen LogP contribution < -0.4 is 10.5 Å². The van der Waals surface area contributed by atoms with E-state index in [-0.39, 0.29) is 0 Å². The van der Waals surface area contributed by atoms with Crippen molar-refractivity contribution in [1.82, 2.24) is 0 Å². The Morgan fingerprint density at radius 2 is 1.89 bits per heavy atom. The third-order valence-electron chi connectivity index (χ3n) is 2.76. The first kappa shape index (κ1) is 13.9. The van der Waals surface area contributed by atoms with Crippen molar-refractivity contribution in [2.24, 2.45) is 0 Å². The molecule has 0 amide bonds. The van der Waals surface area contributed by atoms with E-state index in [1.165, 1.54) is 3.57 Å². The summed E-state index contributed by atoms with van der Waals surface area (Å²) in [5.74, 6) is 0.868. The summed E-state index contributed by atoms with van der Waals surface area (Å²) in [6.45, 7) is 4.32. The molecular formula is C16H16INO. The zero-order chi connectivity index (χ0) is 13.7. The van der Waals surface area contributed by atoms with E-state index in [2.05, 4.69) is 53.4 Å². The van der Waals surface area contributed by atoms with Gasteiger partial charge >= 0.3 is 0 Å². The normalized spacial score (nSPS) is 10.2. The van der Waals surface area contributed by atoms with Crippen LogP contribution in [0, 0.1) is 3.57 Å². The van der Waals surface area contributed by atoms with E-state index in [1.807, 2.05) is 24.3 Å². The molecule has 2 N–H and O–H groups in total. The lowest BCUT2D eigenvalue weighted by molar-refractivity contribution is 0.303. The van der Waals surface area contributed by atoms with Crippen LogP contribution in [-0.4, -0.2) is 0 Å². The number of benzene rings is 2. The maximum atomic E-state index is 5.86. The predicted molar refractivity (Wildman–Crippen MR) is 88.2 cm³/mol. The van der Waals surface area contributed by atoms with Crippen molar-refractivity contribution < 1.29 is 4.74 Å². The molecule has 0 spiro atoms. The lowest BCUT2D eigenvalue weighted by Crippen LogP contribution is -1.99. The minimum atomic E-state index is 0.560. The topological polar surface area (TPSA) is 35.2 Å². The third kappa shape index (κ3) is 3.99. The van der Waals surface area contributed by atoms with Gasteiger partial charge in [-0.05, 0) is 70.5 Å². The van der Waals surface area contributed by atoms with Crippen LogP contribution in [0.4, 0.5) is 5.69 Å². The maximum absolute atomic E-state index is 5.86. The monoisotopic (exact) mass is 365 g/mol. The van der Waals surface area contributed by atoms with Crippen molar-refractivity contribution >= 4 is 28.3 Å². The molecule has 0 atom stereocenters.